The van der Waals surface area contributed by atoms with Gasteiger partial charge < -0.3 is 19.5 Å². The topological polar surface area (TPSA) is 141 Å². The standard InChI is InChI=1S/C19H17N3O7/c1-27-16-9-14(15(22(25)26)10-17(16)28-2)19(24)29-11-18(23)21-13-5-3-12(4-6-13)7-8-20/h3-6,9-10H,7,11H2,1-2H3,(H,21,23). The summed E-state index contributed by atoms with van der Waals surface area (Å²) in [6, 6.07) is 10.7. The first kappa shape index (κ1) is 21.2. The smallest absolute Gasteiger partial charge is 0.345 e. The summed E-state index contributed by atoms with van der Waals surface area (Å²) < 4.78 is 14.9. The van der Waals surface area contributed by atoms with Crippen LogP contribution in [0.1, 0.15) is 15.9 Å². The molecule has 1 amide bonds. The second-order valence-corrected chi connectivity index (χ2v) is 5.64. The predicted octanol–water partition coefficient (Wildman–Crippen LogP) is 2.47. The molecule has 0 radical (unpaired) electrons. The monoisotopic (exact) mass is 399 g/mol. The molecule has 2 aromatic carbocycles. The fourth-order valence-electron chi connectivity index (χ4n) is 2.39. The number of anilines is 1. The zero-order valence-corrected chi connectivity index (χ0v) is 15.6. The quantitative estimate of drug-likeness (QED) is 0.405. The predicted molar refractivity (Wildman–Crippen MR) is 101 cm³/mol. The maximum Gasteiger partial charge on any atom is 0.345 e. The van der Waals surface area contributed by atoms with Crippen molar-refractivity contribution in [2.24, 2.45) is 0 Å². The van der Waals surface area contributed by atoms with Crippen molar-refractivity contribution in [1.82, 2.24) is 0 Å². The van der Waals surface area contributed by atoms with Gasteiger partial charge in [-0.05, 0) is 17.7 Å². The molecule has 0 saturated heterocycles. The first-order valence-corrected chi connectivity index (χ1v) is 8.22. The third kappa shape index (κ3) is 5.43. The fraction of sp³-hybridized carbons (Fsp3) is 0.211. The minimum absolute atomic E-state index is 0.0772. The van der Waals surface area contributed by atoms with Crippen molar-refractivity contribution in [3.05, 3.63) is 57.6 Å². The summed E-state index contributed by atoms with van der Waals surface area (Å²) in [6.07, 6.45) is 0.246. The van der Waals surface area contributed by atoms with E-state index >= 15 is 0 Å². The number of benzene rings is 2. The Labute approximate surface area is 165 Å². The van der Waals surface area contributed by atoms with E-state index in [0.29, 0.717) is 5.69 Å². The molecule has 10 heteroatoms. The fourth-order valence-corrected chi connectivity index (χ4v) is 2.39. The third-order valence-electron chi connectivity index (χ3n) is 3.77. The first-order valence-electron chi connectivity index (χ1n) is 8.22. The van der Waals surface area contributed by atoms with E-state index in [4.69, 9.17) is 19.5 Å². The molecule has 10 nitrogen and oxygen atoms in total. The van der Waals surface area contributed by atoms with E-state index in [9.17, 15) is 19.7 Å². The van der Waals surface area contributed by atoms with Crippen LogP contribution in [0.25, 0.3) is 0 Å². The summed E-state index contributed by atoms with van der Waals surface area (Å²) in [6.45, 7) is -0.649. The van der Waals surface area contributed by atoms with E-state index < -0.39 is 29.1 Å². The Hall–Kier alpha value is -4.13. The van der Waals surface area contributed by atoms with Gasteiger partial charge in [-0.2, -0.15) is 5.26 Å². The van der Waals surface area contributed by atoms with Gasteiger partial charge in [0.15, 0.2) is 18.1 Å². The van der Waals surface area contributed by atoms with Crippen LogP contribution in [0.2, 0.25) is 0 Å². The zero-order chi connectivity index (χ0) is 21.4. The highest BCUT2D eigenvalue weighted by Crippen LogP contribution is 2.34. The Morgan fingerprint density at radius 2 is 1.76 bits per heavy atom. The van der Waals surface area contributed by atoms with Gasteiger partial charge >= 0.3 is 5.97 Å². The molecule has 0 fully saturated rings. The van der Waals surface area contributed by atoms with Crippen molar-refractivity contribution in [2.75, 3.05) is 26.1 Å². The van der Waals surface area contributed by atoms with E-state index in [1.165, 1.54) is 14.2 Å². The normalized spacial score (nSPS) is 9.83. The number of nitro benzene ring substituents is 1. The van der Waals surface area contributed by atoms with Gasteiger partial charge in [-0.15, -0.1) is 0 Å². The molecule has 0 saturated carbocycles. The molecule has 0 aliphatic heterocycles. The average Bonchev–Trinajstić information content (AvgIpc) is 2.72. The number of methoxy groups -OCH3 is 2. The van der Waals surface area contributed by atoms with E-state index in [1.807, 2.05) is 6.07 Å². The van der Waals surface area contributed by atoms with Crippen LogP contribution < -0.4 is 14.8 Å². The number of nitrogens with zero attached hydrogens (tertiary/aromatic N) is 2. The molecule has 2 aromatic rings. The van der Waals surface area contributed by atoms with Crippen LogP contribution in [0.3, 0.4) is 0 Å². The molecule has 29 heavy (non-hydrogen) atoms. The Bertz CT molecular complexity index is 965. The highest BCUT2D eigenvalue weighted by atomic mass is 16.6. The molecule has 0 aromatic heterocycles. The van der Waals surface area contributed by atoms with Crippen molar-refractivity contribution in [2.45, 2.75) is 6.42 Å². The van der Waals surface area contributed by atoms with Crippen molar-refractivity contribution < 1.29 is 28.7 Å². The van der Waals surface area contributed by atoms with Crippen LogP contribution in [0.4, 0.5) is 11.4 Å². The second kappa shape index (κ2) is 9.70. The van der Waals surface area contributed by atoms with Crippen LogP contribution in [0.15, 0.2) is 36.4 Å². The molecule has 150 valence electrons. The number of hydrogen-bond acceptors (Lipinski definition) is 8. The van der Waals surface area contributed by atoms with Crippen LogP contribution in [-0.4, -0.2) is 37.6 Å². The summed E-state index contributed by atoms with van der Waals surface area (Å²) in [5.74, 6) is -1.51. The van der Waals surface area contributed by atoms with Gasteiger partial charge in [0, 0.05) is 11.8 Å². The van der Waals surface area contributed by atoms with Crippen LogP contribution >= 0.6 is 0 Å². The molecule has 0 unspecified atom stereocenters. The highest BCUT2D eigenvalue weighted by Gasteiger charge is 2.26. The van der Waals surface area contributed by atoms with Crippen molar-refractivity contribution in [1.29, 1.82) is 5.26 Å². The summed E-state index contributed by atoms with van der Waals surface area (Å²) in [4.78, 5) is 34.7. The second-order valence-electron chi connectivity index (χ2n) is 5.64. The molecule has 0 spiro atoms. The Morgan fingerprint density at radius 1 is 1.14 bits per heavy atom. The number of nitrogens with one attached hydrogen (secondary N) is 1. The van der Waals surface area contributed by atoms with Gasteiger partial charge in [-0.25, -0.2) is 4.79 Å². The van der Waals surface area contributed by atoms with Gasteiger partial charge in [0.2, 0.25) is 0 Å². The Kier molecular flexibility index (Phi) is 7.08. The number of rotatable bonds is 8. The molecule has 0 atom stereocenters. The van der Waals surface area contributed by atoms with Crippen molar-refractivity contribution in [3.8, 4) is 17.6 Å². The molecule has 2 rings (SSSR count). The van der Waals surface area contributed by atoms with Gasteiger partial charge in [0.1, 0.15) is 5.56 Å². The largest absolute Gasteiger partial charge is 0.493 e. The van der Waals surface area contributed by atoms with E-state index in [1.54, 1.807) is 24.3 Å². The van der Waals surface area contributed by atoms with Crippen molar-refractivity contribution >= 4 is 23.3 Å². The highest BCUT2D eigenvalue weighted by molar-refractivity contribution is 5.98. The number of carbonyl (C=O) groups is 2. The molecule has 0 aliphatic carbocycles. The van der Waals surface area contributed by atoms with Crippen LogP contribution in [0.5, 0.6) is 11.5 Å². The Balaban J connectivity index is 2.07. The summed E-state index contributed by atoms with van der Waals surface area (Å²) >= 11 is 0. The molecular weight excluding hydrogens is 382 g/mol. The number of nitriles is 1. The van der Waals surface area contributed by atoms with E-state index in [0.717, 1.165) is 17.7 Å². The zero-order valence-electron chi connectivity index (χ0n) is 15.6. The van der Waals surface area contributed by atoms with Crippen LogP contribution in [-0.2, 0) is 16.0 Å². The Morgan fingerprint density at radius 3 is 2.31 bits per heavy atom. The summed E-state index contributed by atoms with van der Waals surface area (Å²) in [5, 5.41) is 22.4. The lowest BCUT2D eigenvalue weighted by molar-refractivity contribution is -0.385. The minimum atomic E-state index is -1.06. The summed E-state index contributed by atoms with van der Waals surface area (Å²) in [5.41, 5.74) is 0.324. The molecule has 0 bridgehead atoms. The molecule has 0 aliphatic rings. The van der Waals surface area contributed by atoms with Gasteiger partial charge in [0.25, 0.3) is 11.6 Å². The van der Waals surface area contributed by atoms with E-state index in [2.05, 4.69) is 5.32 Å². The third-order valence-corrected chi connectivity index (χ3v) is 3.77. The SMILES string of the molecule is COc1cc(C(=O)OCC(=O)Nc2ccc(CC#N)cc2)c([N+](=O)[O-])cc1OC. The molecule has 0 heterocycles. The maximum absolute atomic E-state index is 12.3. The van der Waals surface area contributed by atoms with Crippen LogP contribution in [0, 0.1) is 21.4 Å². The number of hydrogen-bond donors (Lipinski definition) is 1. The van der Waals surface area contributed by atoms with E-state index in [-0.39, 0.29) is 23.5 Å². The first-order chi connectivity index (χ1) is 13.9. The van der Waals surface area contributed by atoms with Gasteiger partial charge in [0.05, 0.1) is 37.7 Å². The minimum Gasteiger partial charge on any atom is -0.493 e. The lowest BCUT2D eigenvalue weighted by Crippen LogP contribution is -2.21. The lowest BCUT2D eigenvalue weighted by atomic mass is 10.1. The van der Waals surface area contributed by atoms with Gasteiger partial charge in [-0.3, -0.25) is 14.9 Å². The maximum atomic E-state index is 12.3. The number of nitro groups is 1. The number of amides is 1. The number of ether oxygens (including phenoxy) is 3. The number of esters is 1. The van der Waals surface area contributed by atoms with Crippen molar-refractivity contribution in [3.63, 3.8) is 0 Å². The average molecular weight is 399 g/mol. The summed E-state index contributed by atoms with van der Waals surface area (Å²) in [7, 11) is 2.62. The molecular formula is C19H17N3O7. The van der Waals surface area contributed by atoms with Gasteiger partial charge in [-0.1, -0.05) is 12.1 Å². The number of carbonyl (C=O) groups excluding carboxylic acids is 2. The lowest BCUT2D eigenvalue weighted by Gasteiger charge is -2.11. The molecule has 1 N–H and O–H groups in total.